The number of fused-ring (bicyclic) bond motifs is 2. The molecule has 0 amide bonds. The second-order valence-corrected chi connectivity index (χ2v) is 8.74. The fourth-order valence-electron chi connectivity index (χ4n) is 5.20. The molecular weight excluding hydrogens is 409 g/mol. The van der Waals surface area contributed by atoms with E-state index in [0.29, 0.717) is 25.1 Å². The van der Waals surface area contributed by atoms with Gasteiger partial charge in [-0.1, -0.05) is 12.1 Å². The highest BCUT2D eigenvalue weighted by Crippen LogP contribution is 2.35. The monoisotopic (exact) mass is 435 g/mol. The molecule has 2 aliphatic rings. The maximum atomic E-state index is 13.9. The number of halogens is 1. The number of hydrogen-bond acceptors (Lipinski definition) is 6. The summed E-state index contributed by atoms with van der Waals surface area (Å²) in [5.41, 5.74) is 3.72. The van der Waals surface area contributed by atoms with Gasteiger partial charge in [-0.3, -0.25) is 4.90 Å². The SMILES string of the molecule is Cn1cc(C2CCN(C3COCCN3c3nc4ccccc4o3)CC2)c2cc(F)cnc21. The fraction of sp³-hybridized carbons (Fsp3) is 0.417. The smallest absolute Gasteiger partial charge is 0.299 e. The lowest BCUT2D eigenvalue weighted by atomic mass is 9.89. The molecule has 1 atom stereocenters. The molecular formula is C24H26FN5O2. The van der Waals surface area contributed by atoms with Crippen LogP contribution in [-0.4, -0.2) is 58.4 Å². The van der Waals surface area contributed by atoms with Crippen LogP contribution in [0.2, 0.25) is 0 Å². The van der Waals surface area contributed by atoms with Crippen LogP contribution in [0.4, 0.5) is 10.4 Å². The third kappa shape index (κ3) is 3.34. The van der Waals surface area contributed by atoms with Gasteiger partial charge in [0.15, 0.2) is 5.58 Å². The summed E-state index contributed by atoms with van der Waals surface area (Å²) in [4.78, 5) is 13.7. The number of nitrogens with zero attached hydrogens (tertiary/aromatic N) is 5. The summed E-state index contributed by atoms with van der Waals surface area (Å²) in [6, 6.07) is 10.2. The van der Waals surface area contributed by atoms with Crippen molar-refractivity contribution in [3.63, 3.8) is 0 Å². The molecule has 4 aromatic rings. The standard InChI is InChI=1S/C24H26FN5O2/c1-28-14-19(18-12-17(25)13-26-23(18)28)16-6-8-29(9-7-16)22-15-31-11-10-30(22)24-27-20-4-2-3-5-21(20)32-24/h2-5,12-14,16,22H,6-11,15H2,1H3. The van der Waals surface area contributed by atoms with Gasteiger partial charge in [0, 0.05) is 38.3 Å². The van der Waals surface area contributed by atoms with Gasteiger partial charge in [0.2, 0.25) is 0 Å². The molecule has 2 aliphatic heterocycles. The molecule has 6 rings (SSSR count). The number of para-hydroxylation sites is 2. The number of oxazole rings is 1. The summed E-state index contributed by atoms with van der Waals surface area (Å²) in [7, 11) is 1.98. The van der Waals surface area contributed by atoms with Gasteiger partial charge in [-0.15, -0.1) is 0 Å². The second-order valence-electron chi connectivity index (χ2n) is 8.74. The highest BCUT2D eigenvalue weighted by Gasteiger charge is 2.34. The van der Waals surface area contributed by atoms with E-state index in [2.05, 4.69) is 21.0 Å². The first-order chi connectivity index (χ1) is 15.7. The molecule has 7 nitrogen and oxygen atoms in total. The minimum atomic E-state index is -0.282. The van der Waals surface area contributed by atoms with Gasteiger partial charge in [0.1, 0.15) is 23.1 Å². The van der Waals surface area contributed by atoms with Crippen LogP contribution in [-0.2, 0) is 11.8 Å². The molecule has 0 saturated carbocycles. The molecule has 3 aromatic heterocycles. The zero-order valence-electron chi connectivity index (χ0n) is 18.1. The Hall–Kier alpha value is -2.97. The molecule has 8 heteroatoms. The average Bonchev–Trinajstić information content (AvgIpc) is 3.40. The lowest BCUT2D eigenvalue weighted by Crippen LogP contribution is -2.57. The number of benzene rings is 1. The van der Waals surface area contributed by atoms with Gasteiger partial charge in [-0.05, 0) is 42.5 Å². The van der Waals surface area contributed by atoms with E-state index in [9.17, 15) is 4.39 Å². The van der Waals surface area contributed by atoms with Gasteiger partial charge < -0.3 is 18.6 Å². The summed E-state index contributed by atoms with van der Waals surface area (Å²) < 4.78 is 27.8. The first-order valence-corrected chi connectivity index (χ1v) is 11.2. The van der Waals surface area contributed by atoms with Crippen LogP contribution < -0.4 is 4.90 Å². The molecule has 0 bridgehead atoms. The Labute approximate surface area is 185 Å². The highest BCUT2D eigenvalue weighted by molar-refractivity contribution is 5.81. The summed E-state index contributed by atoms with van der Waals surface area (Å²) in [5, 5.41) is 0.931. The number of ether oxygens (including phenoxy) is 1. The van der Waals surface area contributed by atoms with Gasteiger partial charge in [-0.25, -0.2) is 9.37 Å². The van der Waals surface area contributed by atoms with Crippen molar-refractivity contribution < 1.29 is 13.5 Å². The van der Waals surface area contributed by atoms with Gasteiger partial charge in [0.05, 0.1) is 19.4 Å². The molecule has 2 saturated heterocycles. The Kier molecular flexibility index (Phi) is 4.84. The van der Waals surface area contributed by atoms with E-state index in [-0.39, 0.29) is 12.0 Å². The van der Waals surface area contributed by atoms with E-state index in [4.69, 9.17) is 14.1 Å². The Morgan fingerprint density at radius 3 is 2.81 bits per heavy atom. The molecule has 0 aliphatic carbocycles. The third-order valence-electron chi connectivity index (χ3n) is 6.83. The van der Waals surface area contributed by atoms with Gasteiger partial charge >= 0.3 is 0 Å². The van der Waals surface area contributed by atoms with E-state index in [1.807, 2.05) is 35.9 Å². The van der Waals surface area contributed by atoms with E-state index >= 15 is 0 Å². The number of aromatic nitrogens is 3. The zero-order chi connectivity index (χ0) is 21.7. The van der Waals surface area contributed by atoms with Crippen LogP contribution in [0.1, 0.15) is 24.3 Å². The van der Waals surface area contributed by atoms with Gasteiger partial charge in [-0.2, -0.15) is 4.98 Å². The van der Waals surface area contributed by atoms with E-state index in [1.54, 1.807) is 6.07 Å². The maximum Gasteiger partial charge on any atom is 0.299 e. The minimum absolute atomic E-state index is 0.101. The van der Waals surface area contributed by atoms with Crippen molar-refractivity contribution in [3.05, 3.63) is 54.1 Å². The van der Waals surface area contributed by atoms with Crippen molar-refractivity contribution in [2.45, 2.75) is 24.9 Å². The van der Waals surface area contributed by atoms with Crippen molar-refractivity contribution in [2.24, 2.45) is 7.05 Å². The predicted octanol–water partition coefficient (Wildman–Crippen LogP) is 3.90. The minimum Gasteiger partial charge on any atom is -0.423 e. The lowest BCUT2D eigenvalue weighted by molar-refractivity contribution is 0.0172. The third-order valence-corrected chi connectivity index (χ3v) is 6.83. The molecule has 0 spiro atoms. The van der Waals surface area contributed by atoms with E-state index < -0.39 is 0 Å². The summed E-state index contributed by atoms with van der Waals surface area (Å²) in [5.74, 6) is 0.108. The summed E-state index contributed by atoms with van der Waals surface area (Å²) >= 11 is 0. The fourth-order valence-corrected chi connectivity index (χ4v) is 5.20. The molecule has 2 fully saturated rings. The first-order valence-electron chi connectivity index (χ1n) is 11.2. The largest absolute Gasteiger partial charge is 0.423 e. The van der Waals surface area contributed by atoms with Crippen molar-refractivity contribution in [2.75, 3.05) is 37.7 Å². The van der Waals surface area contributed by atoms with E-state index in [0.717, 1.165) is 54.6 Å². The first kappa shape index (κ1) is 19.7. The molecule has 0 radical (unpaired) electrons. The number of likely N-dealkylation sites (tertiary alicyclic amines) is 1. The second kappa shape index (κ2) is 7.86. The number of aryl methyl sites for hydroxylation is 1. The number of hydrogen-bond donors (Lipinski definition) is 0. The Morgan fingerprint density at radius 1 is 1.12 bits per heavy atom. The number of pyridine rings is 1. The van der Waals surface area contributed by atoms with Crippen LogP contribution in [0.3, 0.4) is 0 Å². The summed E-state index contributed by atoms with van der Waals surface area (Å²) in [6.07, 6.45) is 5.52. The number of rotatable bonds is 3. The number of piperidine rings is 1. The van der Waals surface area contributed by atoms with Crippen LogP contribution in [0.25, 0.3) is 22.1 Å². The predicted molar refractivity (Wildman–Crippen MR) is 120 cm³/mol. The van der Waals surface area contributed by atoms with Crippen molar-refractivity contribution >= 4 is 28.1 Å². The molecule has 0 N–H and O–H groups in total. The normalized spacial score (nSPS) is 21.1. The number of anilines is 1. The average molecular weight is 436 g/mol. The number of morpholine rings is 1. The van der Waals surface area contributed by atoms with Crippen LogP contribution in [0, 0.1) is 5.82 Å². The molecule has 166 valence electrons. The van der Waals surface area contributed by atoms with Crippen molar-refractivity contribution in [1.82, 2.24) is 19.4 Å². The van der Waals surface area contributed by atoms with Gasteiger partial charge in [0.25, 0.3) is 6.01 Å². The van der Waals surface area contributed by atoms with Crippen LogP contribution >= 0.6 is 0 Å². The Bertz CT molecular complexity index is 1230. The Balaban J connectivity index is 1.22. The van der Waals surface area contributed by atoms with Crippen molar-refractivity contribution in [1.29, 1.82) is 0 Å². The highest BCUT2D eigenvalue weighted by atomic mass is 19.1. The summed E-state index contributed by atoms with van der Waals surface area (Å²) in [6.45, 7) is 3.93. The Morgan fingerprint density at radius 2 is 1.97 bits per heavy atom. The van der Waals surface area contributed by atoms with Crippen LogP contribution in [0.15, 0.2) is 47.1 Å². The quantitative estimate of drug-likeness (QED) is 0.487. The molecule has 1 unspecified atom stereocenters. The van der Waals surface area contributed by atoms with Crippen molar-refractivity contribution in [3.8, 4) is 0 Å². The molecule has 32 heavy (non-hydrogen) atoms. The molecule has 5 heterocycles. The topological polar surface area (TPSA) is 59.6 Å². The van der Waals surface area contributed by atoms with E-state index in [1.165, 1.54) is 11.8 Å². The van der Waals surface area contributed by atoms with Crippen LogP contribution in [0.5, 0.6) is 0 Å². The zero-order valence-corrected chi connectivity index (χ0v) is 18.1. The maximum absolute atomic E-state index is 13.9. The molecule has 1 aromatic carbocycles. The lowest BCUT2D eigenvalue weighted by Gasteiger charge is -2.44.